The zero-order valence-electron chi connectivity index (χ0n) is 10.2. The summed E-state index contributed by atoms with van der Waals surface area (Å²) < 4.78 is 0. The van der Waals surface area contributed by atoms with Crippen molar-refractivity contribution < 1.29 is 19.8 Å². The molecule has 0 aromatic rings. The van der Waals surface area contributed by atoms with Gasteiger partial charge in [0, 0.05) is 23.7 Å². The number of carbonyl (C=O) groups excluding carboxylic acids is 1. The highest BCUT2D eigenvalue weighted by atomic mass is 16.4. The average Bonchev–Trinajstić information content (AvgIpc) is 2.88. The lowest BCUT2D eigenvalue weighted by molar-refractivity contribution is -0.135. The monoisotopic (exact) mass is 246 g/mol. The maximum Gasteiger partial charge on any atom is 0.342 e. The average molecular weight is 246 g/mol. The van der Waals surface area contributed by atoms with Crippen LogP contribution < -0.4 is 0 Å². The first-order valence-corrected chi connectivity index (χ1v) is 6.01. The molecule has 3 aliphatic carbocycles. The molecule has 2 bridgehead atoms. The summed E-state index contributed by atoms with van der Waals surface area (Å²) in [5.74, 6) is -2.76. The van der Waals surface area contributed by atoms with Gasteiger partial charge in [-0.1, -0.05) is 23.3 Å². The van der Waals surface area contributed by atoms with Crippen LogP contribution in [-0.4, -0.2) is 22.0 Å². The van der Waals surface area contributed by atoms with Gasteiger partial charge in [-0.25, -0.2) is 4.79 Å². The highest BCUT2D eigenvalue weighted by Crippen LogP contribution is 2.58. The van der Waals surface area contributed by atoms with Gasteiger partial charge in [-0.15, -0.1) is 0 Å². The standard InChI is InChI=1S/C14H14O4/c1-5(2)8-6-3-4-7(8)10-9(6)12(15)11(13(10)16)14(17)18/h3-4,6-7,9-10,15H,1-2H3,(H,17,18). The fraction of sp³-hybridized carbons (Fsp3) is 0.429. The summed E-state index contributed by atoms with van der Waals surface area (Å²) in [6.45, 7) is 3.99. The molecule has 0 spiro atoms. The Morgan fingerprint density at radius 2 is 1.72 bits per heavy atom. The molecule has 4 nitrogen and oxygen atoms in total. The third kappa shape index (κ3) is 1.10. The number of carbonyl (C=O) groups is 2. The van der Waals surface area contributed by atoms with Crippen LogP contribution in [0.4, 0.5) is 0 Å². The third-order valence-corrected chi connectivity index (χ3v) is 4.32. The van der Waals surface area contributed by atoms with Crippen LogP contribution in [0.15, 0.2) is 34.6 Å². The van der Waals surface area contributed by atoms with Gasteiger partial charge in [-0.05, 0) is 13.8 Å². The van der Waals surface area contributed by atoms with E-state index >= 15 is 0 Å². The minimum absolute atomic E-state index is 0.00852. The Morgan fingerprint density at radius 3 is 2.17 bits per heavy atom. The van der Waals surface area contributed by atoms with Crippen molar-refractivity contribution in [2.75, 3.05) is 0 Å². The van der Waals surface area contributed by atoms with Crippen LogP contribution in [0.1, 0.15) is 13.8 Å². The Balaban J connectivity index is 2.14. The van der Waals surface area contributed by atoms with E-state index in [0.717, 1.165) is 5.57 Å². The molecule has 0 aromatic heterocycles. The predicted octanol–water partition coefficient (Wildman–Crippen LogP) is 1.85. The highest BCUT2D eigenvalue weighted by Gasteiger charge is 2.59. The van der Waals surface area contributed by atoms with Gasteiger partial charge in [-0.3, -0.25) is 4.79 Å². The van der Waals surface area contributed by atoms with E-state index in [2.05, 4.69) is 0 Å². The minimum Gasteiger partial charge on any atom is -0.511 e. The highest BCUT2D eigenvalue weighted by molar-refractivity contribution is 6.20. The number of aliphatic carboxylic acids is 1. The largest absolute Gasteiger partial charge is 0.511 e. The number of Topliss-reactive ketones (excluding diaryl/α,β-unsaturated/α-hetero) is 1. The molecule has 1 saturated carbocycles. The molecule has 0 aromatic carbocycles. The van der Waals surface area contributed by atoms with Crippen LogP contribution in [0.3, 0.4) is 0 Å². The summed E-state index contributed by atoms with van der Waals surface area (Å²) in [4.78, 5) is 23.2. The van der Waals surface area contributed by atoms with Crippen molar-refractivity contribution in [3.63, 3.8) is 0 Å². The second-order valence-electron chi connectivity index (χ2n) is 5.37. The van der Waals surface area contributed by atoms with Gasteiger partial charge in [0.05, 0.1) is 0 Å². The van der Waals surface area contributed by atoms with Gasteiger partial charge in [0.1, 0.15) is 11.3 Å². The van der Waals surface area contributed by atoms with E-state index in [1.165, 1.54) is 5.57 Å². The van der Waals surface area contributed by atoms with Crippen molar-refractivity contribution in [1.82, 2.24) is 0 Å². The molecule has 1 fully saturated rings. The molecule has 4 heteroatoms. The minimum atomic E-state index is -1.31. The Kier molecular flexibility index (Phi) is 2.09. The zero-order chi connectivity index (χ0) is 13.2. The molecule has 0 heterocycles. The molecular weight excluding hydrogens is 232 g/mol. The van der Waals surface area contributed by atoms with E-state index in [-0.39, 0.29) is 23.5 Å². The first kappa shape index (κ1) is 11.3. The second kappa shape index (κ2) is 3.34. The summed E-state index contributed by atoms with van der Waals surface area (Å²) in [5.41, 5.74) is 1.92. The van der Waals surface area contributed by atoms with Crippen LogP contribution in [0.5, 0.6) is 0 Å². The number of aliphatic hydroxyl groups excluding tert-OH is 1. The Bertz CT molecular complexity index is 560. The molecule has 94 valence electrons. The molecule has 4 unspecified atom stereocenters. The van der Waals surface area contributed by atoms with Crippen molar-refractivity contribution in [3.05, 3.63) is 34.6 Å². The van der Waals surface area contributed by atoms with Gasteiger partial charge in [0.2, 0.25) is 0 Å². The number of fused-ring (bicyclic) bond motifs is 5. The van der Waals surface area contributed by atoms with Crippen LogP contribution >= 0.6 is 0 Å². The first-order valence-electron chi connectivity index (χ1n) is 6.01. The van der Waals surface area contributed by atoms with E-state index in [4.69, 9.17) is 5.11 Å². The lowest BCUT2D eigenvalue weighted by Crippen LogP contribution is -2.23. The zero-order valence-corrected chi connectivity index (χ0v) is 10.2. The smallest absolute Gasteiger partial charge is 0.342 e. The van der Waals surface area contributed by atoms with E-state index < -0.39 is 23.2 Å². The quantitative estimate of drug-likeness (QED) is 0.547. The second-order valence-corrected chi connectivity index (χ2v) is 5.37. The predicted molar refractivity (Wildman–Crippen MR) is 63.8 cm³/mol. The number of hydrogen-bond donors (Lipinski definition) is 2. The van der Waals surface area contributed by atoms with E-state index in [1.807, 2.05) is 26.0 Å². The number of ketones is 1. The normalized spacial score (nSPS) is 36.6. The number of carboxylic acids is 1. The lowest BCUT2D eigenvalue weighted by atomic mass is 9.84. The van der Waals surface area contributed by atoms with E-state index in [9.17, 15) is 14.7 Å². The van der Waals surface area contributed by atoms with Gasteiger partial charge >= 0.3 is 5.97 Å². The molecular formula is C14H14O4. The van der Waals surface area contributed by atoms with Gasteiger partial charge in [0.25, 0.3) is 0 Å². The Morgan fingerprint density at radius 1 is 1.17 bits per heavy atom. The lowest BCUT2D eigenvalue weighted by Gasteiger charge is -2.18. The molecule has 0 amide bonds. The van der Waals surface area contributed by atoms with Crippen LogP contribution in [-0.2, 0) is 9.59 Å². The summed E-state index contributed by atoms with van der Waals surface area (Å²) in [6.07, 6.45) is 3.96. The molecule has 3 aliphatic rings. The van der Waals surface area contributed by atoms with E-state index in [0.29, 0.717) is 0 Å². The van der Waals surface area contributed by atoms with E-state index in [1.54, 1.807) is 0 Å². The molecule has 0 aliphatic heterocycles. The SMILES string of the molecule is CC(C)=C1C2C=CC1C1C(O)=C(C(=O)O)C(=O)C21. The Hall–Kier alpha value is -1.84. The Labute approximate surface area is 104 Å². The number of allylic oxidation sites excluding steroid dienone is 5. The maximum atomic E-state index is 12.1. The van der Waals surface area contributed by atoms with Gasteiger partial charge < -0.3 is 10.2 Å². The number of aliphatic hydroxyl groups is 1. The summed E-state index contributed by atoms with van der Waals surface area (Å²) >= 11 is 0. The molecule has 4 atom stereocenters. The fourth-order valence-corrected chi connectivity index (χ4v) is 3.75. The van der Waals surface area contributed by atoms with Gasteiger partial charge in [0.15, 0.2) is 5.78 Å². The fourth-order valence-electron chi connectivity index (χ4n) is 3.75. The summed E-state index contributed by atoms with van der Waals surface area (Å²) in [5, 5.41) is 19.0. The molecule has 0 radical (unpaired) electrons. The molecule has 3 rings (SSSR count). The summed E-state index contributed by atoms with van der Waals surface area (Å²) in [7, 11) is 0. The number of carboxylic acid groups (broad SMARTS) is 1. The van der Waals surface area contributed by atoms with Crippen LogP contribution in [0.2, 0.25) is 0 Å². The topological polar surface area (TPSA) is 74.6 Å². The van der Waals surface area contributed by atoms with Crippen LogP contribution in [0.25, 0.3) is 0 Å². The number of hydrogen-bond acceptors (Lipinski definition) is 3. The molecule has 2 N–H and O–H groups in total. The third-order valence-electron chi connectivity index (χ3n) is 4.32. The molecule has 18 heavy (non-hydrogen) atoms. The van der Waals surface area contributed by atoms with Gasteiger partial charge in [-0.2, -0.15) is 0 Å². The number of rotatable bonds is 1. The van der Waals surface area contributed by atoms with Crippen molar-refractivity contribution in [1.29, 1.82) is 0 Å². The van der Waals surface area contributed by atoms with Crippen molar-refractivity contribution in [3.8, 4) is 0 Å². The van der Waals surface area contributed by atoms with Crippen molar-refractivity contribution >= 4 is 11.8 Å². The molecule has 0 saturated heterocycles. The first-order chi connectivity index (χ1) is 8.45. The maximum absolute atomic E-state index is 12.1. The van der Waals surface area contributed by atoms with Crippen LogP contribution in [0, 0.1) is 23.7 Å². The summed E-state index contributed by atoms with van der Waals surface area (Å²) in [6, 6.07) is 0. The van der Waals surface area contributed by atoms with Crippen molar-refractivity contribution in [2.45, 2.75) is 13.8 Å². The van der Waals surface area contributed by atoms with Crippen molar-refractivity contribution in [2.24, 2.45) is 23.7 Å².